The molecular weight excluding hydrogens is 610 g/mol. The Balaban J connectivity index is 2.30. The maximum absolute atomic E-state index is 5.70. The van der Waals surface area contributed by atoms with Crippen molar-refractivity contribution in [3.63, 3.8) is 0 Å². The molecule has 0 N–H and O–H groups in total. The van der Waals surface area contributed by atoms with Crippen LogP contribution in [-0.2, 0) is 15.9 Å². The Bertz CT molecular complexity index is 689. The van der Waals surface area contributed by atoms with Gasteiger partial charge >= 0.3 is 6.72 Å². The molecule has 0 bridgehead atoms. The van der Waals surface area contributed by atoms with E-state index in [0.29, 0.717) is 20.4 Å². The summed E-state index contributed by atoms with van der Waals surface area (Å²) in [7, 11) is 0. The summed E-state index contributed by atoms with van der Waals surface area (Å²) in [6.45, 7) is -3.24. The zero-order valence-corrected chi connectivity index (χ0v) is 19.2. The molecule has 2 aromatic carbocycles. The molecule has 0 heterocycles. The van der Waals surface area contributed by atoms with Gasteiger partial charge in [0.25, 0.3) is 0 Å². The zero-order valence-electron chi connectivity index (χ0n) is 10.4. The molecule has 0 unspecified atom stereocenters. The van der Waals surface area contributed by atoms with E-state index >= 15 is 0 Å². The van der Waals surface area contributed by atoms with E-state index in [1.807, 2.05) is 24.3 Å². The van der Waals surface area contributed by atoms with Gasteiger partial charge in [0.05, 0.1) is 20.8 Å². The summed E-state index contributed by atoms with van der Waals surface area (Å²) in [5.74, 6) is 0.925. The third-order valence-corrected chi connectivity index (χ3v) is 7.06. The molecule has 0 aliphatic heterocycles. The molecule has 0 amide bonds. The van der Waals surface area contributed by atoms with E-state index < -0.39 is 6.72 Å². The SMILES string of the molecule is S=P(OCl)(Oc1cc(Br)ccc1Br)Oc1cc(Br)ccc1Br. The van der Waals surface area contributed by atoms with Gasteiger partial charge in [-0.1, -0.05) is 31.9 Å². The summed E-state index contributed by atoms with van der Waals surface area (Å²) in [5.41, 5.74) is 0. The zero-order chi connectivity index (χ0) is 16.3. The van der Waals surface area contributed by atoms with E-state index in [0.717, 1.165) is 8.95 Å². The Hall–Kier alpha value is 0.860. The van der Waals surface area contributed by atoms with Gasteiger partial charge in [0.15, 0.2) is 0 Å². The fraction of sp³-hybridized carbons (Fsp3) is 0. The van der Waals surface area contributed by atoms with Gasteiger partial charge in [-0.25, -0.2) is 0 Å². The van der Waals surface area contributed by atoms with Crippen molar-refractivity contribution in [2.75, 3.05) is 0 Å². The Morgan fingerprint density at radius 2 is 1.23 bits per heavy atom. The first-order chi connectivity index (χ1) is 10.3. The summed E-state index contributed by atoms with van der Waals surface area (Å²) in [6, 6.07) is 10.8. The molecule has 3 nitrogen and oxygen atoms in total. The van der Waals surface area contributed by atoms with E-state index in [1.54, 1.807) is 12.1 Å². The number of rotatable bonds is 5. The Morgan fingerprint density at radius 1 is 0.818 bits per heavy atom. The van der Waals surface area contributed by atoms with E-state index in [1.165, 1.54) is 0 Å². The van der Waals surface area contributed by atoms with E-state index in [2.05, 4.69) is 63.7 Å². The van der Waals surface area contributed by atoms with Gasteiger partial charge in [0.1, 0.15) is 11.5 Å². The highest BCUT2D eigenvalue weighted by Crippen LogP contribution is 2.53. The van der Waals surface area contributed by atoms with Crippen LogP contribution in [0.25, 0.3) is 0 Å². The van der Waals surface area contributed by atoms with Crippen LogP contribution in [0.2, 0.25) is 0 Å². The first kappa shape index (κ1) is 19.2. The van der Waals surface area contributed by atoms with Gasteiger partial charge in [-0.2, -0.15) is 4.08 Å². The maximum atomic E-state index is 5.70. The largest absolute Gasteiger partial charge is 0.451 e. The van der Waals surface area contributed by atoms with Crippen LogP contribution in [0, 0.1) is 0 Å². The molecule has 0 atom stereocenters. The number of hydrogen-bond donors (Lipinski definition) is 0. The first-order valence-electron chi connectivity index (χ1n) is 5.52. The molecule has 22 heavy (non-hydrogen) atoms. The maximum Gasteiger partial charge on any atom is 0.451 e. The minimum Gasteiger partial charge on any atom is -0.414 e. The molecule has 0 fully saturated rings. The summed E-state index contributed by atoms with van der Waals surface area (Å²) in [5, 5.41) is 0. The lowest BCUT2D eigenvalue weighted by Gasteiger charge is -2.21. The van der Waals surface area contributed by atoms with Crippen LogP contribution in [-0.4, -0.2) is 0 Å². The minimum atomic E-state index is -3.24. The lowest BCUT2D eigenvalue weighted by Crippen LogP contribution is -2.01. The second-order valence-corrected chi connectivity index (χ2v) is 10.5. The highest BCUT2D eigenvalue weighted by molar-refractivity contribution is 9.11. The quantitative estimate of drug-likeness (QED) is 0.324. The van der Waals surface area contributed by atoms with Crippen LogP contribution in [0.15, 0.2) is 54.3 Å². The van der Waals surface area contributed by atoms with Gasteiger partial charge in [-0.3, -0.25) is 0 Å². The molecule has 118 valence electrons. The molecule has 0 aromatic heterocycles. The monoisotopic (exact) mass is 612 g/mol. The molecule has 2 rings (SSSR count). The van der Waals surface area contributed by atoms with Crippen molar-refractivity contribution in [2.24, 2.45) is 0 Å². The highest BCUT2D eigenvalue weighted by Gasteiger charge is 2.27. The van der Waals surface area contributed by atoms with Crippen LogP contribution in [0.3, 0.4) is 0 Å². The second kappa shape index (κ2) is 8.30. The number of halogens is 5. The fourth-order valence-electron chi connectivity index (χ4n) is 1.38. The normalized spacial score (nSPS) is 11.3. The first-order valence-corrected chi connectivity index (χ1v) is 11.6. The standard InChI is InChI=1S/C12H6Br4ClO3PS/c13-7-1-3-9(15)11(5-7)18-21(22,20-17)19-12-6-8(14)2-4-10(12)16/h1-6H. The summed E-state index contributed by atoms with van der Waals surface area (Å²) in [4.78, 5) is 0. The second-order valence-electron chi connectivity index (χ2n) is 3.85. The predicted molar refractivity (Wildman–Crippen MR) is 106 cm³/mol. The molecule has 2 aromatic rings. The van der Waals surface area contributed by atoms with Crippen LogP contribution in [0.5, 0.6) is 11.5 Å². The van der Waals surface area contributed by atoms with Gasteiger partial charge < -0.3 is 9.05 Å². The lowest BCUT2D eigenvalue weighted by molar-refractivity contribution is 0.396. The molecule has 0 spiro atoms. The van der Waals surface area contributed by atoms with Crippen LogP contribution >= 0.6 is 82.3 Å². The Kier molecular flexibility index (Phi) is 7.24. The summed E-state index contributed by atoms with van der Waals surface area (Å²) < 4.78 is 19.3. The van der Waals surface area contributed by atoms with Crippen LogP contribution in [0.1, 0.15) is 0 Å². The Labute approximate surface area is 171 Å². The van der Waals surface area contributed by atoms with Gasteiger partial charge in [0, 0.05) is 20.8 Å². The van der Waals surface area contributed by atoms with Crippen molar-refractivity contribution < 1.29 is 13.1 Å². The minimum absolute atomic E-state index is 0.462. The molecule has 10 heteroatoms. The molecule has 0 saturated heterocycles. The van der Waals surface area contributed by atoms with Crippen molar-refractivity contribution in [1.82, 2.24) is 0 Å². The van der Waals surface area contributed by atoms with Gasteiger partial charge in [-0.05, 0) is 68.3 Å². The number of benzene rings is 2. The van der Waals surface area contributed by atoms with Gasteiger partial charge in [0.2, 0.25) is 0 Å². The average molecular weight is 616 g/mol. The van der Waals surface area contributed by atoms with Crippen molar-refractivity contribution in [1.29, 1.82) is 0 Å². The molecule has 0 saturated carbocycles. The van der Waals surface area contributed by atoms with E-state index in [4.69, 9.17) is 36.8 Å². The fourth-order valence-corrected chi connectivity index (χ4v) is 4.50. The smallest absolute Gasteiger partial charge is 0.414 e. The lowest BCUT2D eigenvalue weighted by atomic mass is 10.3. The molecular formula is C12H6Br4ClO3PS. The van der Waals surface area contributed by atoms with Gasteiger partial charge in [-0.15, -0.1) is 0 Å². The van der Waals surface area contributed by atoms with Crippen LogP contribution in [0.4, 0.5) is 0 Å². The van der Waals surface area contributed by atoms with Crippen molar-refractivity contribution in [3.8, 4) is 11.5 Å². The summed E-state index contributed by atoms with van der Waals surface area (Å²) >= 11 is 24.3. The third kappa shape index (κ3) is 5.18. The molecule has 0 radical (unpaired) electrons. The van der Waals surface area contributed by atoms with E-state index in [-0.39, 0.29) is 0 Å². The van der Waals surface area contributed by atoms with Crippen LogP contribution < -0.4 is 9.05 Å². The Morgan fingerprint density at radius 3 is 1.59 bits per heavy atom. The average Bonchev–Trinajstić information content (AvgIpc) is 2.47. The topological polar surface area (TPSA) is 27.7 Å². The summed E-state index contributed by atoms with van der Waals surface area (Å²) in [6.07, 6.45) is 0. The van der Waals surface area contributed by atoms with E-state index in [9.17, 15) is 0 Å². The molecule has 0 aliphatic carbocycles. The predicted octanol–water partition coefficient (Wildman–Crippen LogP) is 7.59. The van der Waals surface area contributed by atoms with Crippen molar-refractivity contribution in [3.05, 3.63) is 54.3 Å². The molecule has 0 aliphatic rings. The van der Waals surface area contributed by atoms with Crippen molar-refractivity contribution >= 4 is 94.1 Å². The van der Waals surface area contributed by atoms with Crippen molar-refractivity contribution in [2.45, 2.75) is 0 Å². The number of hydrogen-bond acceptors (Lipinski definition) is 4. The third-order valence-electron chi connectivity index (χ3n) is 2.29. The highest BCUT2D eigenvalue weighted by atomic mass is 79.9.